The lowest BCUT2D eigenvalue weighted by Crippen LogP contribution is -2.31. The third-order valence-electron chi connectivity index (χ3n) is 4.47. The first-order valence-electron chi connectivity index (χ1n) is 7.83. The maximum absolute atomic E-state index is 12.4. The zero-order chi connectivity index (χ0) is 15.1. The number of hydrogen-bond donors (Lipinski definition) is 2. The number of carbonyl (C=O) groups is 1. The van der Waals surface area contributed by atoms with Gasteiger partial charge in [0.2, 0.25) is 0 Å². The number of nitrogens with one attached hydrogen (secondary N) is 1. The Morgan fingerprint density at radius 1 is 1.45 bits per heavy atom. The first-order valence-corrected chi connectivity index (χ1v) is 8.64. The molecular weight excluding hydrogens is 298 g/mol. The van der Waals surface area contributed by atoms with Crippen LogP contribution in [0.15, 0.2) is 6.07 Å². The molecule has 22 heavy (non-hydrogen) atoms. The van der Waals surface area contributed by atoms with E-state index >= 15 is 0 Å². The summed E-state index contributed by atoms with van der Waals surface area (Å²) in [4.78, 5) is 18.5. The SMILES string of the molecule is Nc1c(C(=O)NCC2CCCO2)sc2nc3c(cc12)CCC3. The van der Waals surface area contributed by atoms with E-state index in [2.05, 4.69) is 11.4 Å². The molecule has 1 aliphatic heterocycles. The third-order valence-corrected chi connectivity index (χ3v) is 5.58. The van der Waals surface area contributed by atoms with Gasteiger partial charge in [-0.2, -0.15) is 0 Å². The number of thiophene rings is 1. The van der Waals surface area contributed by atoms with Crippen molar-refractivity contribution in [1.82, 2.24) is 10.3 Å². The van der Waals surface area contributed by atoms with E-state index in [0.29, 0.717) is 17.1 Å². The van der Waals surface area contributed by atoms with E-state index in [9.17, 15) is 4.79 Å². The van der Waals surface area contributed by atoms with E-state index in [4.69, 9.17) is 15.5 Å². The second-order valence-corrected chi connectivity index (χ2v) is 6.99. The zero-order valence-corrected chi connectivity index (χ0v) is 13.2. The number of ether oxygens (including phenoxy) is 1. The molecule has 0 aromatic carbocycles. The number of aromatic nitrogens is 1. The van der Waals surface area contributed by atoms with Gasteiger partial charge in [-0.25, -0.2) is 4.98 Å². The van der Waals surface area contributed by atoms with E-state index < -0.39 is 0 Å². The topological polar surface area (TPSA) is 77.2 Å². The van der Waals surface area contributed by atoms with Crippen molar-refractivity contribution < 1.29 is 9.53 Å². The fourth-order valence-electron chi connectivity index (χ4n) is 3.26. The molecule has 1 atom stereocenters. The lowest BCUT2D eigenvalue weighted by molar-refractivity contribution is 0.0862. The third kappa shape index (κ3) is 2.36. The number of aryl methyl sites for hydroxylation is 2. The van der Waals surface area contributed by atoms with E-state index in [1.807, 2.05) is 0 Å². The Kier molecular flexibility index (Phi) is 3.50. The Balaban J connectivity index is 1.58. The Morgan fingerprint density at radius 3 is 3.18 bits per heavy atom. The summed E-state index contributed by atoms with van der Waals surface area (Å²) < 4.78 is 5.53. The smallest absolute Gasteiger partial charge is 0.263 e. The van der Waals surface area contributed by atoms with Crippen LogP contribution in [0.2, 0.25) is 0 Å². The largest absolute Gasteiger partial charge is 0.397 e. The van der Waals surface area contributed by atoms with E-state index in [1.54, 1.807) is 0 Å². The van der Waals surface area contributed by atoms with Crippen molar-refractivity contribution in [3.8, 4) is 0 Å². The summed E-state index contributed by atoms with van der Waals surface area (Å²) in [5.74, 6) is -0.115. The molecule has 4 rings (SSSR count). The molecule has 1 aliphatic carbocycles. The van der Waals surface area contributed by atoms with Gasteiger partial charge in [-0.05, 0) is 43.7 Å². The highest BCUT2D eigenvalue weighted by Crippen LogP contribution is 2.35. The van der Waals surface area contributed by atoms with Crippen LogP contribution in [0.4, 0.5) is 5.69 Å². The van der Waals surface area contributed by atoms with Crippen LogP contribution >= 0.6 is 11.3 Å². The van der Waals surface area contributed by atoms with E-state index in [-0.39, 0.29) is 12.0 Å². The summed E-state index contributed by atoms with van der Waals surface area (Å²) >= 11 is 1.39. The van der Waals surface area contributed by atoms with Gasteiger partial charge in [0.05, 0.1) is 11.8 Å². The molecule has 0 saturated carbocycles. The number of anilines is 1. The Labute approximate surface area is 132 Å². The molecule has 1 amide bonds. The van der Waals surface area contributed by atoms with Gasteiger partial charge in [0, 0.05) is 24.2 Å². The van der Waals surface area contributed by atoms with Crippen LogP contribution in [0.25, 0.3) is 10.2 Å². The zero-order valence-electron chi connectivity index (χ0n) is 12.4. The van der Waals surface area contributed by atoms with Crippen molar-refractivity contribution in [1.29, 1.82) is 0 Å². The van der Waals surface area contributed by atoms with Crippen LogP contribution in [0.1, 0.15) is 40.2 Å². The average Bonchev–Trinajstić information content (AvgIpc) is 3.23. The predicted octanol–water partition coefficient (Wildman–Crippen LogP) is 2.28. The normalized spacial score (nSPS) is 20.5. The standard InChI is InChI=1S/C16H19N3O2S/c17-13-11-7-9-3-1-5-12(9)19-16(11)22-14(13)15(20)18-8-10-4-2-6-21-10/h7,10H,1-6,8,17H2,(H,18,20). The molecular formula is C16H19N3O2S. The van der Waals surface area contributed by atoms with Crippen molar-refractivity contribution in [2.75, 3.05) is 18.9 Å². The molecule has 3 heterocycles. The highest BCUT2D eigenvalue weighted by atomic mass is 32.1. The molecule has 0 bridgehead atoms. The summed E-state index contributed by atoms with van der Waals surface area (Å²) in [5.41, 5.74) is 9.21. The molecule has 1 fully saturated rings. The van der Waals surface area contributed by atoms with Gasteiger partial charge >= 0.3 is 0 Å². The molecule has 2 aromatic rings. The number of nitrogens with two attached hydrogens (primary N) is 1. The first-order chi connectivity index (χ1) is 10.7. The van der Waals surface area contributed by atoms with Gasteiger partial charge in [0.25, 0.3) is 5.91 Å². The van der Waals surface area contributed by atoms with Crippen molar-refractivity contribution in [3.63, 3.8) is 0 Å². The minimum Gasteiger partial charge on any atom is -0.397 e. The molecule has 5 nitrogen and oxygen atoms in total. The number of nitrogen functional groups attached to an aromatic ring is 1. The van der Waals surface area contributed by atoms with Crippen LogP contribution < -0.4 is 11.1 Å². The monoisotopic (exact) mass is 317 g/mol. The van der Waals surface area contributed by atoms with Gasteiger partial charge in [-0.1, -0.05) is 0 Å². The highest BCUT2D eigenvalue weighted by molar-refractivity contribution is 7.21. The average molecular weight is 317 g/mol. The first kappa shape index (κ1) is 14.0. The minimum absolute atomic E-state index is 0.115. The summed E-state index contributed by atoms with van der Waals surface area (Å²) in [6.07, 6.45) is 5.48. The second-order valence-electron chi connectivity index (χ2n) is 5.99. The number of carbonyl (C=O) groups excluding carboxylic acids is 1. The summed E-state index contributed by atoms with van der Waals surface area (Å²) in [6.45, 7) is 1.34. The number of nitrogens with zero attached hydrogens (tertiary/aromatic N) is 1. The maximum Gasteiger partial charge on any atom is 0.263 e. The molecule has 6 heteroatoms. The molecule has 0 radical (unpaired) electrons. The molecule has 1 saturated heterocycles. The Bertz CT molecular complexity index is 735. The van der Waals surface area contributed by atoms with Crippen molar-refractivity contribution in [3.05, 3.63) is 22.2 Å². The van der Waals surface area contributed by atoms with Crippen LogP contribution in [0.3, 0.4) is 0 Å². The molecule has 1 unspecified atom stereocenters. The molecule has 2 aliphatic rings. The fraction of sp³-hybridized carbons (Fsp3) is 0.500. The highest BCUT2D eigenvalue weighted by Gasteiger charge is 2.22. The van der Waals surface area contributed by atoms with Crippen molar-refractivity contribution in [2.45, 2.75) is 38.2 Å². The van der Waals surface area contributed by atoms with Crippen LogP contribution in [-0.2, 0) is 17.6 Å². The van der Waals surface area contributed by atoms with E-state index in [0.717, 1.165) is 48.9 Å². The second kappa shape index (κ2) is 5.52. The molecule has 2 aromatic heterocycles. The number of hydrogen-bond acceptors (Lipinski definition) is 5. The van der Waals surface area contributed by atoms with Crippen LogP contribution in [-0.4, -0.2) is 30.1 Å². The summed E-state index contributed by atoms with van der Waals surface area (Å²) in [6, 6.07) is 2.12. The minimum atomic E-state index is -0.115. The summed E-state index contributed by atoms with van der Waals surface area (Å²) in [7, 11) is 0. The quantitative estimate of drug-likeness (QED) is 0.910. The van der Waals surface area contributed by atoms with Gasteiger partial charge < -0.3 is 15.8 Å². The molecule has 0 spiro atoms. The van der Waals surface area contributed by atoms with Crippen LogP contribution in [0.5, 0.6) is 0 Å². The van der Waals surface area contributed by atoms with Gasteiger partial charge in [-0.15, -0.1) is 11.3 Å². The number of rotatable bonds is 3. The lowest BCUT2D eigenvalue weighted by atomic mass is 10.1. The number of amides is 1. The maximum atomic E-state index is 12.4. The van der Waals surface area contributed by atoms with Gasteiger partial charge in [0.15, 0.2) is 0 Å². The summed E-state index contributed by atoms with van der Waals surface area (Å²) in [5, 5.41) is 3.86. The lowest BCUT2D eigenvalue weighted by Gasteiger charge is -2.10. The number of fused-ring (bicyclic) bond motifs is 2. The fourth-order valence-corrected chi connectivity index (χ4v) is 4.27. The predicted molar refractivity (Wildman–Crippen MR) is 87.4 cm³/mol. The Morgan fingerprint density at radius 2 is 2.36 bits per heavy atom. The van der Waals surface area contributed by atoms with Crippen LogP contribution in [0, 0.1) is 0 Å². The molecule has 3 N–H and O–H groups in total. The molecule has 116 valence electrons. The Hall–Kier alpha value is -1.66. The number of pyridine rings is 1. The van der Waals surface area contributed by atoms with Crippen molar-refractivity contribution in [2.24, 2.45) is 0 Å². The van der Waals surface area contributed by atoms with Gasteiger partial charge in [-0.3, -0.25) is 4.79 Å². The van der Waals surface area contributed by atoms with E-state index in [1.165, 1.54) is 22.6 Å². The van der Waals surface area contributed by atoms with Crippen molar-refractivity contribution >= 4 is 33.1 Å². The van der Waals surface area contributed by atoms with Gasteiger partial charge in [0.1, 0.15) is 9.71 Å².